The van der Waals surface area contributed by atoms with Gasteiger partial charge in [0.1, 0.15) is 5.15 Å². The maximum atomic E-state index is 11.8. The first-order valence-corrected chi connectivity index (χ1v) is 6.28. The Hall–Kier alpha value is -2.05. The van der Waals surface area contributed by atoms with E-state index in [2.05, 4.69) is 11.0 Å². The number of hydrogen-bond donors (Lipinski definition) is 0. The molecule has 0 spiro atoms. The number of terminal acetylenes is 1. The topological polar surface area (TPSA) is 34.9 Å². The van der Waals surface area contributed by atoms with E-state index in [1.165, 1.54) is 0 Å². The molecular weight excluding hydrogens is 260 g/mol. The van der Waals surface area contributed by atoms with Gasteiger partial charge in [0, 0.05) is 0 Å². The highest BCUT2D eigenvalue weighted by molar-refractivity contribution is 6.34. The molecule has 0 saturated heterocycles. The number of Topliss-reactive ketones (excluding diaryl/α,β-unsaturated/α-hetero) is 1. The summed E-state index contributed by atoms with van der Waals surface area (Å²) in [6, 6.07) is 9.40. The Morgan fingerprint density at radius 3 is 2.53 bits per heavy atom. The van der Waals surface area contributed by atoms with E-state index >= 15 is 0 Å². The molecule has 0 saturated carbocycles. The molecule has 0 atom stereocenters. The van der Waals surface area contributed by atoms with E-state index in [-0.39, 0.29) is 11.1 Å². The van der Waals surface area contributed by atoms with Crippen LogP contribution in [0.1, 0.15) is 35.8 Å². The monoisotopic (exact) mass is 272 g/mol. The summed E-state index contributed by atoms with van der Waals surface area (Å²) in [5, 5.41) is 4.68. The van der Waals surface area contributed by atoms with Crippen molar-refractivity contribution >= 4 is 17.4 Å². The average molecular weight is 273 g/mol. The zero-order valence-electron chi connectivity index (χ0n) is 10.7. The van der Waals surface area contributed by atoms with Crippen LogP contribution in [0.2, 0.25) is 5.15 Å². The first-order valence-electron chi connectivity index (χ1n) is 5.91. The van der Waals surface area contributed by atoms with Crippen molar-refractivity contribution in [1.82, 2.24) is 9.78 Å². The number of hydrogen-bond acceptors (Lipinski definition) is 2. The fourth-order valence-electron chi connectivity index (χ4n) is 1.84. The molecule has 0 amide bonds. The van der Waals surface area contributed by atoms with Crippen molar-refractivity contribution in [3.8, 4) is 18.0 Å². The van der Waals surface area contributed by atoms with Gasteiger partial charge in [-0.05, 0) is 24.0 Å². The first-order chi connectivity index (χ1) is 9.06. The third kappa shape index (κ3) is 2.40. The fraction of sp³-hybridized carbons (Fsp3) is 0.200. The van der Waals surface area contributed by atoms with Gasteiger partial charge in [-0.3, -0.25) is 4.79 Å². The quantitative estimate of drug-likeness (QED) is 0.487. The van der Waals surface area contributed by atoms with Crippen LogP contribution in [0.15, 0.2) is 30.3 Å². The molecular formula is C15H13ClN2O. The van der Waals surface area contributed by atoms with Crippen LogP contribution in [0.5, 0.6) is 0 Å². The van der Waals surface area contributed by atoms with Gasteiger partial charge in [-0.1, -0.05) is 43.6 Å². The second-order valence-electron chi connectivity index (χ2n) is 4.43. The van der Waals surface area contributed by atoms with Crippen molar-refractivity contribution in [2.75, 3.05) is 0 Å². The Labute approximate surface area is 117 Å². The summed E-state index contributed by atoms with van der Waals surface area (Å²) in [4.78, 5) is 11.8. The summed E-state index contributed by atoms with van der Waals surface area (Å²) >= 11 is 6.27. The molecule has 1 aromatic carbocycles. The zero-order chi connectivity index (χ0) is 14.0. The van der Waals surface area contributed by atoms with Crippen LogP contribution in [0.25, 0.3) is 5.69 Å². The number of aromatic nitrogens is 2. The highest BCUT2D eigenvalue weighted by Crippen LogP contribution is 2.28. The largest absolute Gasteiger partial charge is 0.279 e. The molecule has 0 aliphatic rings. The number of carbonyl (C=O) groups is 1. The number of benzene rings is 1. The van der Waals surface area contributed by atoms with Gasteiger partial charge in [0.15, 0.2) is 0 Å². The van der Waals surface area contributed by atoms with Gasteiger partial charge in [-0.2, -0.15) is 5.10 Å². The van der Waals surface area contributed by atoms with Gasteiger partial charge in [0.05, 0.1) is 16.9 Å². The molecule has 1 heterocycles. The highest BCUT2D eigenvalue weighted by Gasteiger charge is 2.23. The maximum Gasteiger partial charge on any atom is 0.240 e. The van der Waals surface area contributed by atoms with Crippen molar-refractivity contribution in [1.29, 1.82) is 0 Å². The van der Waals surface area contributed by atoms with Crippen LogP contribution in [0, 0.1) is 12.3 Å². The van der Waals surface area contributed by atoms with Gasteiger partial charge in [0.25, 0.3) is 0 Å². The van der Waals surface area contributed by atoms with E-state index < -0.39 is 5.78 Å². The Morgan fingerprint density at radius 2 is 2.00 bits per heavy atom. The predicted octanol–water partition coefficient (Wildman–Crippen LogP) is 3.47. The Kier molecular flexibility index (Phi) is 3.73. The molecule has 96 valence electrons. The summed E-state index contributed by atoms with van der Waals surface area (Å²) in [6.45, 7) is 3.89. The second kappa shape index (κ2) is 5.29. The minimum absolute atomic E-state index is 0.0646. The number of ketones is 1. The maximum absolute atomic E-state index is 11.8. The number of rotatable bonds is 3. The van der Waals surface area contributed by atoms with Crippen molar-refractivity contribution < 1.29 is 4.79 Å². The van der Waals surface area contributed by atoms with Crippen molar-refractivity contribution in [3.05, 3.63) is 46.7 Å². The SMILES string of the molecule is C#CC(=O)c1c(C(C)C)nn(-c2ccccc2)c1Cl. The van der Waals surface area contributed by atoms with Gasteiger partial charge < -0.3 is 0 Å². The smallest absolute Gasteiger partial charge is 0.240 e. The number of halogens is 1. The van der Waals surface area contributed by atoms with E-state index in [1.807, 2.05) is 44.2 Å². The number of para-hydroxylation sites is 1. The fourth-order valence-corrected chi connectivity index (χ4v) is 2.16. The highest BCUT2D eigenvalue weighted by atomic mass is 35.5. The Balaban J connectivity index is 2.67. The summed E-state index contributed by atoms with van der Waals surface area (Å²) in [7, 11) is 0. The summed E-state index contributed by atoms with van der Waals surface area (Å²) in [5.41, 5.74) is 1.74. The molecule has 0 N–H and O–H groups in total. The molecule has 3 nitrogen and oxygen atoms in total. The van der Waals surface area contributed by atoms with Crippen LogP contribution in [0.3, 0.4) is 0 Å². The van der Waals surface area contributed by atoms with Crippen LogP contribution >= 0.6 is 11.6 Å². The third-order valence-corrected chi connectivity index (χ3v) is 3.11. The molecule has 0 radical (unpaired) electrons. The minimum Gasteiger partial charge on any atom is -0.279 e. The Bertz CT molecular complexity index is 651. The lowest BCUT2D eigenvalue weighted by Gasteiger charge is -2.02. The van der Waals surface area contributed by atoms with Gasteiger partial charge >= 0.3 is 0 Å². The van der Waals surface area contributed by atoms with Gasteiger partial charge in [0.2, 0.25) is 5.78 Å². The lowest BCUT2D eigenvalue weighted by Crippen LogP contribution is -2.00. The van der Waals surface area contributed by atoms with E-state index in [1.54, 1.807) is 4.68 Å². The summed E-state index contributed by atoms with van der Waals surface area (Å²) in [5.74, 6) is 1.74. The lowest BCUT2D eigenvalue weighted by atomic mass is 10.0. The number of carbonyl (C=O) groups excluding carboxylic acids is 1. The molecule has 0 fully saturated rings. The van der Waals surface area contributed by atoms with Crippen LogP contribution in [0.4, 0.5) is 0 Å². The molecule has 0 aliphatic heterocycles. The second-order valence-corrected chi connectivity index (χ2v) is 4.78. The zero-order valence-corrected chi connectivity index (χ0v) is 11.5. The first kappa shape index (κ1) is 13.4. The van der Waals surface area contributed by atoms with Crippen LogP contribution in [-0.2, 0) is 0 Å². The van der Waals surface area contributed by atoms with E-state index in [0.717, 1.165) is 5.69 Å². The van der Waals surface area contributed by atoms with Crippen molar-refractivity contribution in [3.63, 3.8) is 0 Å². The molecule has 2 aromatic rings. The number of nitrogens with zero attached hydrogens (tertiary/aromatic N) is 2. The Morgan fingerprint density at radius 1 is 1.37 bits per heavy atom. The van der Waals surface area contributed by atoms with E-state index in [9.17, 15) is 4.79 Å². The molecule has 0 unspecified atom stereocenters. The molecule has 0 aliphatic carbocycles. The van der Waals surface area contributed by atoms with Crippen LogP contribution in [-0.4, -0.2) is 15.6 Å². The molecule has 4 heteroatoms. The van der Waals surface area contributed by atoms with Gasteiger partial charge in [-0.25, -0.2) is 4.68 Å². The predicted molar refractivity (Wildman–Crippen MR) is 75.8 cm³/mol. The molecule has 1 aromatic heterocycles. The summed E-state index contributed by atoms with van der Waals surface area (Å²) < 4.78 is 1.54. The third-order valence-electron chi connectivity index (χ3n) is 2.76. The standard InChI is InChI=1S/C15H13ClN2O/c1-4-12(19)13-14(10(2)3)17-18(15(13)16)11-8-6-5-7-9-11/h1,5-10H,2-3H3. The molecule has 19 heavy (non-hydrogen) atoms. The normalized spacial score (nSPS) is 10.5. The van der Waals surface area contributed by atoms with E-state index in [4.69, 9.17) is 18.0 Å². The lowest BCUT2D eigenvalue weighted by molar-refractivity contribution is 0.105. The minimum atomic E-state index is -0.434. The van der Waals surface area contributed by atoms with Gasteiger partial charge in [-0.15, -0.1) is 6.42 Å². The van der Waals surface area contributed by atoms with Crippen molar-refractivity contribution in [2.24, 2.45) is 0 Å². The van der Waals surface area contributed by atoms with Crippen LogP contribution < -0.4 is 0 Å². The molecule has 2 rings (SSSR count). The molecule has 0 bridgehead atoms. The summed E-state index contributed by atoms with van der Waals surface area (Å²) in [6.07, 6.45) is 5.19. The average Bonchev–Trinajstić information content (AvgIpc) is 2.77. The van der Waals surface area contributed by atoms with E-state index in [0.29, 0.717) is 11.3 Å². The van der Waals surface area contributed by atoms with Crippen molar-refractivity contribution in [2.45, 2.75) is 19.8 Å².